The van der Waals surface area contributed by atoms with Crippen LogP contribution in [0.3, 0.4) is 0 Å². The predicted octanol–water partition coefficient (Wildman–Crippen LogP) is 4.33. The first-order valence-corrected chi connectivity index (χ1v) is 8.85. The summed E-state index contributed by atoms with van der Waals surface area (Å²) in [5, 5.41) is 10.4. The summed E-state index contributed by atoms with van der Waals surface area (Å²) < 4.78 is 0. The topological polar surface area (TPSA) is 65.8 Å². The van der Waals surface area contributed by atoms with E-state index < -0.39 is 0 Å². The second-order valence-electron chi connectivity index (χ2n) is 5.68. The van der Waals surface area contributed by atoms with Gasteiger partial charge < -0.3 is 5.11 Å². The van der Waals surface area contributed by atoms with E-state index in [-0.39, 0.29) is 22.7 Å². The van der Waals surface area contributed by atoms with Gasteiger partial charge in [0.05, 0.1) is 21.8 Å². The number of halogens is 1. The number of phenolic OH excluding ortho intramolecular Hbond substituents is 1. The molecule has 128 valence electrons. The van der Waals surface area contributed by atoms with Gasteiger partial charge in [-0.2, -0.15) is 0 Å². The molecule has 1 saturated heterocycles. The third-order valence-corrected chi connectivity index (χ3v) is 4.63. The van der Waals surface area contributed by atoms with Crippen LogP contribution in [0.2, 0.25) is 5.02 Å². The average molecular weight is 374 g/mol. The van der Waals surface area contributed by atoms with E-state index in [1.54, 1.807) is 41.6 Å². The fourth-order valence-electron chi connectivity index (χ4n) is 2.26. The molecular formula is C18H16ClN3O2S. The molecule has 0 atom stereocenters. The van der Waals surface area contributed by atoms with Gasteiger partial charge in [-0.05, 0) is 61.5 Å². The number of aromatic nitrogens is 1. The summed E-state index contributed by atoms with van der Waals surface area (Å²) in [5.74, 6) is -0.158. The molecule has 2 aromatic rings. The van der Waals surface area contributed by atoms with Crippen molar-refractivity contribution in [3.63, 3.8) is 0 Å². The van der Waals surface area contributed by atoms with Crippen LogP contribution in [0.15, 0.2) is 52.6 Å². The number of pyridine rings is 1. The van der Waals surface area contributed by atoms with Crippen molar-refractivity contribution in [3.8, 4) is 5.75 Å². The summed E-state index contributed by atoms with van der Waals surface area (Å²) >= 11 is 7.25. The normalized spacial score (nSPS) is 17.9. The molecule has 1 amide bonds. The zero-order valence-electron chi connectivity index (χ0n) is 13.7. The van der Waals surface area contributed by atoms with E-state index in [0.29, 0.717) is 15.8 Å². The summed E-state index contributed by atoms with van der Waals surface area (Å²) in [5.41, 5.74) is 1.40. The van der Waals surface area contributed by atoms with Crippen molar-refractivity contribution in [1.29, 1.82) is 0 Å². The van der Waals surface area contributed by atoms with Crippen LogP contribution in [0, 0.1) is 0 Å². The number of rotatable bonds is 3. The lowest BCUT2D eigenvalue weighted by Crippen LogP contribution is -2.29. The molecule has 1 aliphatic rings. The van der Waals surface area contributed by atoms with Crippen molar-refractivity contribution in [2.24, 2.45) is 4.99 Å². The van der Waals surface area contributed by atoms with E-state index in [0.717, 1.165) is 5.56 Å². The van der Waals surface area contributed by atoms with E-state index >= 15 is 0 Å². The lowest BCUT2D eigenvalue weighted by Gasteiger charge is -2.15. The molecule has 1 aromatic carbocycles. The Balaban J connectivity index is 2.01. The minimum Gasteiger partial charge on any atom is -0.506 e. The number of aromatic hydroxyl groups is 1. The molecule has 2 heterocycles. The molecular weight excluding hydrogens is 358 g/mol. The number of hydrogen-bond donors (Lipinski definition) is 1. The third-order valence-electron chi connectivity index (χ3n) is 3.35. The van der Waals surface area contributed by atoms with Gasteiger partial charge in [0.25, 0.3) is 5.91 Å². The highest BCUT2D eigenvalue weighted by Gasteiger charge is 2.34. The van der Waals surface area contributed by atoms with E-state index in [9.17, 15) is 9.90 Å². The molecule has 1 aromatic heterocycles. The molecule has 1 aliphatic heterocycles. The minimum atomic E-state index is -0.165. The Morgan fingerprint density at radius 2 is 2.16 bits per heavy atom. The van der Waals surface area contributed by atoms with Crippen LogP contribution in [0.5, 0.6) is 5.75 Å². The van der Waals surface area contributed by atoms with Crippen molar-refractivity contribution < 1.29 is 9.90 Å². The van der Waals surface area contributed by atoms with Crippen LogP contribution >= 0.6 is 23.4 Å². The van der Waals surface area contributed by atoms with Crippen LogP contribution < -0.4 is 4.90 Å². The Bertz CT molecular complexity index is 866. The van der Waals surface area contributed by atoms with Crippen molar-refractivity contribution in [2.45, 2.75) is 19.9 Å². The molecule has 1 N–H and O–H groups in total. The highest BCUT2D eigenvalue weighted by Crippen LogP contribution is 2.36. The summed E-state index contributed by atoms with van der Waals surface area (Å²) in [6.45, 7) is 3.92. The molecule has 0 saturated carbocycles. The fraction of sp³-hybridized carbons (Fsp3) is 0.167. The summed E-state index contributed by atoms with van der Waals surface area (Å²) in [6.07, 6.45) is 5.03. The molecule has 5 nitrogen and oxygen atoms in total. The standard InChI is InChI=1S/C18H16ClN3O2S/c1-11(2)21-18-22(13-4-3-7-20-10-13)17(24)16(25-18)9-12-5-6-15(23)14(19)8-12/h3-11,23H,1-2H3/b16-9-,21-18?. The Labute approximate surface area is 155 Å². The lowest BCUT2D eigenvalue weighted by molar-refractivity contribution is -0.113. The zero-order chi connectivity index (χ0) is 18.0. The molecule has 25 heavy (non-hydrogen) atoms. The molecule has 0 bridgehead atoms. The molecule has 7 heteroatoms. The average Bonchev–Trinajstić information content (AvgIpc) is 2.86. The minimum absolute atomic E-state index is 0.00765. The third kappa shape index (κ3) is 3.86. The molecule has 1 fully saturated rings. The number of phenols is 1. The van der Waals surface area contributed by atoms with Crippen molar-refractivity contribution in [3.05, 3.63) is 58.2 Å². The van der Waals surface area contributed by atoms with Gasteiger partial charge in [-0.3, -0.25) is 19.7 Å². The first kappa shape index (κ1) is 17.5. The van der Waals surface area contributed by atoms with E-state index in [4.69, 9.17) is 11.6 Å². The SMILES string of the molecule is CC(C)N=C1S/C(=C\c2ccc(O)c(Cl)c2)C(=O)N1c1cccnc1. The fourth-order valence-corrected chi connectivity index (χ4v) is 3.56. The maximum atomic E-state index is 12.9. The highest BCUT2D eigenvalue weighted by molar-refractivity contribution is 8.19. The van der Waals surface area contributed by atoms with E-state index in [1.807, 2.05) is 19.9 Å². The number of benzene rings is 1. The molecule has 0 radical (unpaired) electrons. The van der Waals surface area contributed by atoms with Crippen LogP contribution in [0.4, 0.5) is 5.69 Å². The smallest absolute Gasteiger partial charge is 0.271 e. The summed E-state index contributed by atoms with van der Waals surface area (Å²) in [6, 6.07) is 8.47. The van der Waals surface area contributed by atoms with Crippen LogP contribution in [0.25, 0.3) is 6.08 Å². The number of amides is 1. The zero-order valence-corrected chi connectivity index (χ0v) is 15.3. The van der Waals surface area contributed by atoms with Gasteiger partial charge in [0.1, 0.15) is 5.75 Å². The molecule has 0 unspecified atom stereocenters. The maximum Gasteiger partial charge on any atom is 0.271 e. The second kappa shape index (κ2) is 7.29. The lowest BCUT2D eigenvalue weighted by atomic mass is 10.2. The van der Waals surface area contributed by atoms with Gasteiger partial charge in [0.15, 0.2) is 5.17 Å². The van der Waals surface area contributed by atoms with Gasteiger partial charge >= 0.3 is 0 Å². The Morgan fingerprint density at radius 1 is 1.36 bits per heavy atom. The van der Waals surface area contributed by atoms with Crippen LogP contribution in [-0.2, 0) is 4.79 Å². The van der Waals surface area contributed by atoms with Crippen molar-refractivity contribution in [2.75, 3.05) is 4.90 Å². The van der Waals surface area contributed by atoms with E-state index in [2.05, 4.69) is 9.98 Å². The molecule has 0 aliphatic carbocycles. The second-order valence-corrected chi connectivity index (χ2v) is 7.10. The maximum absolute atomic E-state index is 12.9. The number of hydrogen-bond acceptors (Lipinski definition) is 5. The summed E-state index contributed by atoms with van der Waals surface area (Å²) in [7, 11) is 0. The number of amidine groups is 1. The summed E-state index contributed by atoms with van der Waals surface area (Å²) in [4.78, 5) is 23.6. The molecule has 0 spiro atoms. The first-order valence-electron chi connectivity index (χ1n) is 7.66. The quantitative estimate of drug-likeness (QED) is 0.813. The predicted molar refractivity (Wildman–Crippen MR) is 103 cm³/mol. The Morgan fingerprint density at radius 3 is 2.80 bits per heavy atom. The van der Waals surface area contributed by atoms with Crippen molar-refractivity contribution in [1.82, 2.24) is 4.98 Å². The Hall–Kier alpha value is -2.31. The number of aliphatic imine (C=N–C) groups is 1. The number of anilines is 1. The number of nitrogens with zero attached hydrogens (tertiary/aromatic N) is 3. The molecule has 3 rings (SSSR count). The number of thioether (sulfide) groups is 1. The van der Waals surface area contributed by atoms with E-state index in [1.165, 1.54) is 17.8 Å². The van der Waals surface area contributed by atoms with Crippen LogP contribution in [-0.4, -0.2) is 27.2 Å². The monoisotopic (exact) mass is 373 g/mol. The van der Waals surface area contributed by atoms with Crippen LogP contribution in [0.1, 0.15) is 19.4 Å². The number of carbonyl (C=O) groups is 1. The Kier molecular flexibility index (Phi) is 5.11. The number of carbonyl (C=O) groups excluding carboxylic acids is 1. The van der Waals surface area contributed by atoms with Crippen molar-refractivity contribution >= 4 is 46.2 Å². The largest absolute Gasteiger partial charge is 0.506 e. The van der Waals surface area contributed by atoms with Gasteiger partial charge in [0, 0.05) is 12.2 Å². The van der Waals surface area contributed by atoms with Gasteiger partial charge in [-0.25, -0.2) is 0 Å². The van der Waals surface area contributed by atoms with Gasteiger partial charge in [-0.15, -0.1) is 0 Å². The van der Waals surface area contributed by atoms with Gasteiger partial charge in [0.2, 0.25) is 0 Å². The highest BCUT2D eigenvalue weighted by atomic mass is 35.5. The van der Waals surface area contributed by atoms with Gasteiger partial charge in [-0.1, -0.05) is 17.7 Å². The first-order chi connectivity index (χ1) is 12.0.